The topological polar surface area (TPSA) is 40.5 Å². The summed E-state index contributed by atoms with van der Waals surface area (Å²) in [6.07, 6.45) is 2.77. The molecule has 1 aromatic carbocycles. The fraction of sp³-hybridized carbons (Fsp3) is 0.562. The zero-order chi connectivity index (χ0) is 14.8. The smallest absolute Gasteiger partial charge is 0.324 e. The first-order valence-electron chi connectivity index (χ1n) is 7.15. The number of hydrogen-bond donors (Lipinski definition) is 1. The Morgan fingerprint density at radius 2 is 2.10 bits per heavy atom. The summed E-state index contributed by atoms with van der Waals surface area (Å²) in [5, 5.41) is 10.4. The molecule has 1 N–H and O–H groups in total. The molecule has 4 heteroatoms. The Morgan fingerprint density at radius 3 is 2.65 bits per heavy atom. The number of carbonyl (C=O) groups is 1. The Labute approximate surface area is 125 Å². The van der Waals surface area contributed by atoms with Crippen molar-refractivity contribution in [2.45, 2.75) is 38.6 Å². The Balaban J connectivity index is 2.20. The van der Waals surface area contributed by atoms with E-state index in [1.807, 2.05) is 31.2 Å². The van der Waals surface area contributed by atoms with Gasteiger partial charge in [-0.25, -0.2) is 0 Å². The molecule has 0 aromatic heterocycles. The third-order valence-corrected chi connectivity index (χ3v) is 4.53. The van der Waals surface area contributed by atoms with Crippen LogP contribution in [0.3, 0.4) is 0 Å². The zero-order valence-electron chi connectivity index (χ0n) is 12.1. The quantitative estimate of drug-likeness (QED) is 0.925. The minimum atomic E-state index is -0.845. The van der Waals surface area contributed by atoms with Crippen LogP contribution < -0.4 is 0 Å². The van der Waals surface area contributed by atoms with Crippen LogP contribution in [0.4, 0.5) is 0 Å². The van der Waals surface area contributed by atoms with Gasteiger partial charge < -0.3 is 5.11 Å². The van der Waals surface area contributed by atoms with E-state index in [1.165, 1.54) is 6.42 Å². The fourth-order valence-corrected chi connectivity index (χ4v) is 3.09. The molecule has 1 saturated heterocycles. The van der Waals surface area contributed by atoms with Crippen LogP contribution in [0.5, 0.6) is 0 Å². The lowest BCUT2D eigenvalue weighted by Crippen LogP contribution is -2.56. The van der Waals surface area contributed by atoms with Gasteiger partial charge in [0.05, 0.1) is 0 Å². The van der Waals surface area contributed by atoms with Gasteiger partial charge in [-0.15, -0.1) is 0 Å². The van der Waals surface area contributed by atoms with Crippen LogP contribution >= 0.6 is 11.6 Å². The van der Waals surface area contributed by atoms with Gasteiger partial charge in [-0.05, 0) is 49.9 Å². The van der Waals surface area contributed by atoms with Crippen LogP contribution in [0.25, 0.3) is 0 Å². The van der Waals surface area contributed by atoms with Gasteiger partial charge in [0, 0.05) is 18.0 Å². The molecule has 2 rings (SSSR count). The summed E-state index contributed by atoms with van der Waals surface area (Å²) in [6.45, 7) is 5.75. The van der Waals surface area contributed by atoms with Crippen LogP contribution in [-0.2, 0) is 11.2 Å². The SMILES string of the molecule is CC1CCCN(C(C)(Cc2ccc(Cl)cc2)C(=O)O)C1. The number of aliphatic carboxylic acids is 1. The van der Waals surface area contributed by atoms with Gasteiger partial charge in [-0.2, -0.15) is 0 Å². The minimum absolute atomic E-state index is 0.506. The van der Waals surface area contributed by atoms with Crippen molar-refractivity contribution in [3.05, 3.63) is 34.9 Å². The van der Waals surface area contributed by atoms with Crippen molar-refractivity contribution in [1.82, 2.24) is 4.90 Å². The molecule has 1 heterocycles. The summed E-state index contributed by atoms with van der Waals surface area (Å²) in [4.78, 5) is 14.0. The summed E-state index contributed by atoms with van der Waals surface area (Å²) in [5.41, 5.74) is 0.167. The van der Waals surface area contributed by atoms with Crippen LogP contribution in [0.1, 0.15) is 32.3 Å². The lowest BCUT2D eigenvalue weighted by atomic mass is 9.87. The number of carboxylic acid groups (broad SMARTS) is 1. The van der Waals surface area contributed by atoms with Gasteiger partial charge in [0.1, 0.15) is 5.54 Å². The molecule has 0 saturated carbocycles. The van der Waals surface area contributed by atoms with Gasteiger partial charge in [-0.3, -0.25) is 9.69 Å². The molecule has 0 amide bonds. The largest absolute Gasteiger partial charge is 0.480 e. The highest BCUT2D eigenvalue weighted by molar-refractivity contribution is 6.30. The van der Waals surface area contributed by atoms with Crippen LogP contribution in [0, 0.1) is 5.92 Å². The Hall–Kier alpha value is -1.06. The van der Waals surface area contributed by atoms with Crippen molar-refractivity contribution < 1.29 is 9.90 Å². The molecule has 0 spiro atoms. The highest BCUT2D eigenvalue weighted by Gasteiger charge is 2.41. The molecule has 1 aliphatic rings. The van der Waals surface area contributed by atoms with E-state index in [0.717, 1.165) is 25.1 Å². The number of carboxylic acids is 1. The van der Waals surface area contributed by atoms with E-state index in [2.05, 4.69) is 11.8 Å². The second-order valence-electron chi connectivity index (χ2n) is 6.08. The summed E-state index contributed by atoms with van der Waals surface area (Å²) < 4.78 is 0. The molecule has 2 unspecified atom stereocenters. The molecule has 110 valence electrons. The van der Waals surface area contributed by atoms with Gasteiger partial charge in [0.25, 0.3) is 0 Å². The molecule has 2 atom stereocenters. The molecule has 20 heavy (non-hydrogen) atoms. The van der Waals surface area contributed by atoms with Crippen LogP contribution in [0.2, 0.25) is 5.02 Å². The highest BCUT2D eigenvalue weighted by atomic mass is 35.5. The van der Waals surface area contributed by atoms with E-state index in [-0.39, 0.29) is 0 Å². The third kappa shape index (κ3) is 3.33. The Morgan fingerprint density at radius 1 is 1.45 bits per heavy atom. The van der Waals surface area contributed by atoms with Crippen molar-refractivity contribution >= 4 is 17.6 Å². The maximum Gasteiger partial charge on any atom is 0.324 e. The number of benzene rings is 1. The molecule has 0 aliphatic carbocycles. The number of nitrogens with zero attached hydrogens (tertiary/aromatic N) is 1. The van der Waals surface area contributed by atoms with Crippen molar-refractivity contribution in [2.75, 3.05) is 13.1 Å². The maximum atomic E-state index is 11.8. The number of piperidine rings is 1. The average molecular weight is 296 g/mol. The molecule has 1 aliphatic heterocycles. The van der Waals surface area contributed by atoms with E-state index >= 15 is 0 Å². The third-order valence-electron chi connectivity index (χ3n) is 4.28. The van der Waals surface area contributed by atoms with Crippen LogP contribution in [0.15, 0.2) is 24.3 Å². The zero-order valence-corrected chi connectivity index (χ0v) is 12.9. The fourth-order valence-electron chi connectivity index (χ4n) is 2.96. The lowest BCUT2D eigenvalue weighted by Gasteiger charge is -2.42. The number of hydrogen-bond acceptors (Lipinski definition) is 2. The van der Waals surface area contributed by atoms with E-state index in [0.29, 0.717) is 17.4 Å². The highest BCUT2D eigenvalue weighted by Crippen LogP contribution is 2.28. The van der Waals surface area contributed by atoms with Crippen LogP contribution in [-0.4, -0.2) is 34.6 Å². The van der Waals surface area contributed by atoms with Gasteiger partial charge >= 0.3 is 5.97 Å². The average Bonchev–Trinajstić information content (AvgIpc) is 2.41. The second-order valence-corrected chi connectivity index (χ2v) is 6.51. The van der Waals surface area contributed by atoms with Crippen molar-refractivity contribution in [3.63, 3.8) is 0 Å². The molecular weight excluding hydrogens is 274 g/mol. The monoisotopic (exact) mass is 295 g/mol. The summed E-state index contributed by atoms with van der Waals surface area (Å²) in [6, 6.07) is 7.46. The normalized spacial score (nSPS) is 23.2. The van der Waals surface area contributed by atoms with Crippen molar-refractivity contribution in [3.8, 4) is 0 Å². The van der Waals surface area contributed by atoms with E-state index in [4.69, 9.17) is 11.6 Å². The van der Waals surface area contributed by atoms with Gasteiger partial charge in [-0.1, -0.05) is 30.7 Å². The first kappa shape index (κ1) is 15.3. The molecular formula is C16H22ClNO2. The van der Waals surface area contributed by atoms with E-state index in [1.54, 1.807) is 0 Å². The van der Waals surface area contributed by atoms with E-state index < -0.39 is 11.5 Å². The molecule has 0 radical (unpaired) electrons. The Bertz CT molecular complexity index is 474. The first-order chi connectivity index (χ1) is 9.41. The number of likely N-dealkylation sites (tertiary alicyclic amines) is 1. The molecule has 1 aromatic rings. The summed E-state index contributed by atoms with van der Waals surface area (Å²) in [5.74, 6) is -0.186. The van der Waals surface area contributed by atoms with Crippen molar-refractivity contribution in [2.24, 2.45) is 5.92 Å². The molecule has 0 bridgehead atoms. The number of halogens is 1. The first-order valence-corrected chi connectivity index (χ1v) is 7.52. The lowest BCUT2D eigenvalue weighted by molar-refractivity contribution is -0.151. The van der Waals surface area contributed by atoms with Gasteiger partial charge in [0.2, 0.25) is 0 Å². The second kappa shape index (κ2) is 6.15. The van der Waals surface area contributed by atoms with Crippen molar-refractivity contribution in [1.29, 1.82) is 0 Å². The summed E-state index contributed by atoms with van der Waals surface area (Å²) in [7, 11) is 0. The standard InChI is InChI=1S/C16H22ClNO2/c1-12-4-3-9-18(11-12)16(2,15(19)20)10-13-5-7-14(17)8-6-13/h5-8,12H,3-4,9-11H2,1-2H3,(H,19,20). The minimum Gasteiger partial charge on any atom is -0.480 e. The van der Waals surface area contributed by atoms with E-state index in [9.17, 15) is 9.90 Å². The molecule has 3 nitrogen and oxygen atoms in total. The maximum absolute atomic E-state index is 11.8. The predicted octanol–water partition coefficient (Wildman–Crippen LogP) is 3.46. The number of rotatable bonds is 4. The van der Waals surface area contributed by atoms with Gasteiger partial charge in [0.15, 0.2) is 0 Å². The summed E-state index contributed by atoms with van der Waals surface area (Å²) >= 11 is 5.89. The molecule has 1 fully saturated rings. The predicted molar refractivity (Wildman–Crippen MR) is 81.2 cm³/mol. The Kier molecular flexibility index (Phi) is 4.71.